The third-order valence-electron chi connectivity index (χ3n) is 1.88. The summed E-state index contributed by atoms with van der Waals surface area (Å²) in [5, 5.41) is 0. The third kappa shape index (κ3) is 1.21. The molecule has 0 atom stereocenters. The van der Waals surface area contributed by atoms with Gasteiger partial charge in [0.1, 0.15) is 0 Å². The van der Waals surface area contributed by atoms with Gasteiger partial charge in [0.2, 0.25) is 0 Å². The van der Waals surface area contributed by atoms with Gasteiger partial charge in [-0.1, -0.05) is 30.4 Å². The van der Waals surface area contributed by atoms with Crippen LogP contribution in [0.15, 0.2) is 57.4 Å². The van der Waals surface area contributed by atoms with E-state index in [-0.39, 0.29) is 0 Å². The number of hydrogen-bond acceptors (Lipinski definition) is 2. The Bertz CT molecular complexity index is 351. The predicted molar refractivity (Wildman–Crippen MR) is 59.4 cm³/mol. The fourth-order valence-corrected chi connectivity index (χ4v) is 1.72. The molecule has 0 spiro atoms. The fourth-order valence-electron chi connectivity index (χ4n) is 1.24. The van der Waals surface area contributed by atoms with Crippen molar-refractivity contribution in [3.05, 3.63) is 57.4 Å². The van der Waals surface area contributed by atoms with Gasteiger partial charge in [-0.2, -0.15) is 0 Å². The molecule has 0 bridgehead atoms. The van der Waals surface area contributed by atoms with Crippen molar-refractivity contribution in [2.75, 3.05) is 0 Å². The molecule has 0 heterocycles. The lowest BCUT2D eigenvalue weighted by atomic mass is 10.1. The van der Waals surface area contributed by atoms with Gasteiger partial charge in [0.15, 0.2) is 0 Å². The van der Waals surface area contributed by atoms with Crippen molar-refractivity contribution in [3.8, 4) is 0 Å². The summed E-state index contributed by atoms with van der Waals surface area (Å²) in [4.78, 5) is 1.90. The molecular weight excluding hydrogens is 184 g/mol. The topological polar surface area (TPSA) is 0 Å². The first-order valence-corrected chi connectivity index (χ1v) is 4.58. The molecule has 0 radical (unpaired) electrons. The highest BCUT2D eigenvalue weighted by molar-refractivity contribution is 7.89. The van der Waals surface area contributed by atoms with E-state index in [0.717, 1.165) is 15.4 Å². The van der Waals surface area contributed by atoms with E-state index in [1.165, 1.54) is 5.57 Å². The average Bonchev–Trinajstić information content (AvgIpc) is 2.64. The van der Waals surface area contributed by atoms with Crippen molar-refractivity contribution in [1.82, 2.24) is 0 Å². The van der Waals surface area contributed by atoms with Gasteiger partial charge in [0.05, 0.1) is 0 Å². The Morgan fingerprint density at radius 2 is 1.50 bits per heavy atom. The zero-order chi connectivity index (χ0) is 8.55. The smallest absolute Gasteiger partial charge is 0.0253 e. The van der Waals surface area contributed by atoms with Gasteiger partial charge in [0, 0.05) is 9.81 Å². The molecule has 0 aromatic carbocycles. The first-order valence-electron chi connectivity index (χ1n) is 3.69. The second-order valence-electron chi connectivity index (χ2n) is 2.65. The predicted octanol–water partition coefficient (Wildman–Crippen LogP) is 3.05. The van der Waals surface area contributed by atoms with Crippen molar-refractivity contribution in [2.45, 2.75) is 0 Å². The molecule has 0 unspecified atom stereocenters. The minimum atomic E-state index is 0.939. The molecule has 2 aliphatic rings. The standard InChI is InChI=1S/C10H8S2/c11-9-6-5-8(10(9)12)7-3-1-2-4-7/h1-6,11-12H. The van der Waals surface area contributed by atoms with E-state index >= 15 is 0 Å². The number of rotatable bonds is 0. The molecule has 0 aliphatic heterocycles. The molecule has 0 fully saturated rings. The monoisotopic (exact) mass is 192 g/mol. The normalized spacial score (nSPS) is 20.5. The fraction of sp³-hybridized carbons (Fsp3) is 0. The van der Waals surface area contributed by atoms with Gasteiger partial charge in [-0.05, 0) is 17.2 Å². The zero-order valence-corrected chi connectivity index (χ0v) is 8.15. The Morgan fingerprint density at radius 3 is 2.00 bits per heavy atom. The highest BCUT2D eigenvalue weighted by atomic mass is 32.1. The van der Waals surface area contributed by atoms with E-state index in [1.54, 1.807) is 0 Å². The Morgan fingerprint density at radius 1 is 0.833 bits per heavy atom. The highest BCUT2D eigenvalue weighted by Crippen LogP contribution is 2.33. The number of thiol groups is 2. The molecule has 2 rings (SSSR count). The van der Waals surface area contributed by atoms with Crippen LogP contribution in [0.2, 0.25) is 0 Å². The Balaban J connectivity index is 2.51. The van der Waals surface area contributed by atoms with Crippen LogP contribution in [0.4, 0.5) is 0 Å². The SMILES string of the molecule is SC1=C(S)C(=C2C=CC=C2)C=C1. The zero-order valence-electron chi connectivity index (χ0n) is 6.36. The van der Waals surface area contributed by atoms with Crippen molar-refractivity contribution in [3.63, 3.8) is 0 Å². The Kier molecular flexibility index (Phi) is 2.03. The molecule has 0 amide bonds. The summed E-state index contributed by atoms with van der Waals surface area (Å²) >= 11 is 8.65. The maximum absolute atomic E-state index is 4.37. The van der Waals surface area contributed by atoms with Crippen molar-refractivity contribution < 1.29 is 0 Å². The molecular formula is C10H8S2. The number of allylic oxidation sites excluding steroid dienone is 8. The minimum absolute atomic E-state index is 0.939. The maximum atomic E-state index is 4.37. The Hall–Kier alpha value is -0.600. The number of hydrogen-bond donors (Lipinski definition) is 2. The molecule has 0 saturated carbocycles. The van der Waals surface area contributed by atoms with Crippen LogP contribution in [0, 0.1) is 0 Å². The summed E-state index contributed by atoms with van der Waals surface area (Å²) in [6, 6.07) is 0. The molecule has 2 aliphatic carbocycles. The van der Waals surface area contributed by atoms with Crippen LogP contribution in [-0.4, -0.2) is 0 Å². The summed E-state index contributed by atoms with van der Waals surface area (Å²) in [5.41, 5.74) is 2.37. The lowest BCUT2D eigenvalue weighted by Gasteiger charge is -1.99. The van der Waals surface area contributed by atoms with E-state index in [2.05, 4.69) is 37.4 Å². The van der Waals surface area contributed by atoms with E-state index in [1.807, 2.05) is 24.3 Å². The molecule has 60 valence electrons. The van der Waals surface area contributed by atoms with Gasteiger partial charge in [-0.15, -0.1) is 25.3 Å². The van der Waals surface area contributed by atoms with E-state index in [9.17, 15) is 0 Å². The minimum Gasteiger partial charge on any atom is -0.142 e. The highest BCUT2D eigenvalue weighted by Gasteiger charge is 2.11. The first kappa shape index (κ1) is 8.02. The Labute approximate surface area is 82.9 Å². The maximum Gasteiger partial charge on any atom is 0.0253 e. The molecule has 0 saturated heterocycles. The summed E-state index contributed by atoms with van der Waals surface area (Å²) in [6.07, 6.45) is 12.2. The quantitative estimate of drug-likeness (QED) is 0.541. The van der Waals surface area contributed by atoms with Crippen LogP contribution in [0.3, 0.4) is 0 Å². The van der Waals surface area contributed by atoms with Crippen molar-refractivity contribution in [2.24, 2.45) is 0 Å². The van der Waals surface area contributed by atoms with Gasteiger partial charge in [-0.25, -0.2) is 0 Å². The molecule has 0 aromatic heterocycles. The largest absolute Gasteiger partial charge is 0.142 e. The molecule has 12 heavy (non-hydrogen) atoms. The average molecular weight is 192 g/mol. The molecule has 0 aromatic rings. The van der Waals surface area contributed by atoms with Crippen LogP contribution < -0.4 is 0 Å². The van der Waals surface area contributed by atoms with E-state index in [4.69, 9.17) is 0 Å². The van der Waals surface area contributed by atoms with Gasteiger partial charge in [-0.3, -0.25) is 0 Å². The molecule has 0 N–H and O–H groups in total. The molecule has 2 heteroatoms. The van der Waals surface area contributed by atoms with Crippen LogP contribution in [0.5, 0.6) is 0 Å². The summed E-state index contributed by atoms with van der Waals surface area (Å²) in [6.45, 7) is 0. The van der Waals surface area contributed by atoms with E-state index in [0.29, 0.717) is 0 Å². The van der Waals surface area contributed by atoms with Crippen LogP contribution in [-0.2, 0) is 0 Å². The van der Waals surface area contributed by atoms with Crippen molar-refractivity contribution in [1.29, 1.82) is 0 Å². The second kappa shape index (κ2) is 3.04. The van der Waals surface area contributed by atoms with Gasteiger partial charge < -0.3 is 0 Å². The lowest BCUT2D eigenvalue weighted by molar-refractivity contribution is 1.61. The van der Waals surface area contributed by atoms with Crippen LogP contribution >= 0.6 is 25.3 Å². The summed E-state index contributed by atoms with van der Waals surface area (Å²) < 4.78 is 0. The van der Waals surface area contributed by atoms with Crippen LogP contribution in [0.25, 0.3) is 0 Å². The third-order valence-corrected chi connectivity index (χ3v) is 2.91. The summed E-state index contributed by atoms with van der Waals surface area (Å²) in [7, 11) is 0. The first-order chi connectivity index (χ1) is 5.79. The van der Waals surface area contributed by atoms with Gasteiger partial charge >= 0.3 is 0 Å². The summed E-state index contributed by atoms with van der Waals surface area (Å²) in [5.74, 6) is 0. The lowest BCUT2D eigenvalue weighted by Crippen LogP contribution is -1.79. The molecule has 0 nitrogen and oxygen atoms in total. The van der Waals surface area contributed by atoms with Crippen molar-refractivity contribution >= 4 is 25.3 Å². The second-order valence-corrected chi connectivity index (χ2v) is 3.58. The van der Waals surface area contributed by atoms with Gasteiger partial charge in [0.25, 0.3) is 0 Å². The van der Waals surface area contributed by atoms with Crippen LogP contribution in [0.1, 0.15) is 0 Å². The van der Waals surface area contributed by atoms with E-state index < -0.39 is 0 Å².